The van der Waals surface area contributed by atoms with E-state index >= 15 is 0 Å². The summed E-state index contributed by atoms with van der Waals surface area (Å²) in [5, 5.41) is 4.20. The number of unbranched alkanes of at least 4 members (excludes halogenated alkanes) is 1. The predicted octanol–water partition coefficient (Wildman–Crippen LogP) is 3.25. The zero-order valence-electron chi connectivity index (χ0n) is 11.3. The van der Waals surface area contributed by atoms with Gasteiger partial charge in [0.15, 0.2) is 0 Å². The van der Waals surface area contributed by atoms with Crippen LogP contribution in [0.3, 0.4) is 0 Å². The quantitative estimate of drug-likeness (QED) is 0.813. The van der Waals surface area contributed by atoms with Crippen LogP contribution in [0.2, 0.25) is 0 Å². The lowest BCUT2D eigenvalue weighted by atomic mass is 10.3. The Hall–Kier alpha value is -0.290. The Bertz CT molecular complexity index is 359. The van der Waals surface area contributed by atoms with E-state index in [2.05, 4.69) is 58.4 Å². The van der Waals surface area contributed by atoms with Crippen LogP contribution in [0, 0.1) is 6.92 Å². The molecule has 0 amide bonds. The molecule has 1 atom stereocenters. The third-order valence-electron chi connectivity index (χ3n) is 3.00. The summed E-state index contributed by atoms with van der Waals surface area (Å²) in [4.78, 5) is 4.58. The van der Waals surface area contributed by atoms with Gasteiger partial charge in [0, 0.05) is 41.8 Å². The van der Waals surface area contributed by atoms with Gasteiger partial charge in [0.05, 0.1) is 5.69 Å². The first-order valence-electron chi connectivity index (χ1n) is 6.76. The van der Waals surface area contributed by atoms with Crippen LogP contribution in [0.4, 0.5) is 5.95 Å². The minimum atomic E-state index is 0.740. The van der Waals surface area contributed by atoms with Crippen molar-refractivity contribution in [1.29, 1.82) is 0 Å². The molecule has 2 rings (SSSR count). The SMILES string of the molecule is CCCCNc1nc(C)cn1CC1CSCCS1. The molecular weight excluding hydrogens is 262 g/mol. The summed E-state index contributed by atoms with van der Waals surface area (Å²) in [6, 6.07) is 0. The molecule has 0 aliphatic carbocycles. The molecule has 102 valence electrons. The van der Waals surface area contributed by atoms with Gasteiger partial charge in [-0.1, -0.05) is 13.3 Å². The minimum Gasteiger partial charge on any atom is -0.356 e. The zero-order valence-corrected chi connectivity index (χ0v) is 12.9. The summed E-state index contributed by atoms with van der Waals surface area (Å²) in [6.45, 7) is 6.41. The van der Waals surface area contributed by atoms with Crippen molar-refractivity contribution >= 4 is 29.5 Å². The molecule has 1 N–H and O–H groups in total. The second kappa shape index (κ2) is 7.34. The van der Waals surface area contributed by atoms with Gasteiger partial charge in [0.2, 0.25) is 5.95 Å². The highest BCUT2D eigenvalue weighted by Gasteiger charge is 2.16. The predicted molar refractivity (Wildman–Crippen MR) is 83.9 cm³/mol. The molecule has 0 saturated carbocycles. The van der Waals surface area contributed by atoms with E-state index in [-0.39, 0.29) is 0 Å². The highest BCUT2D eigenvalue weighted by atomic mass is 32.2. The zero-order chi connectivity index (χ0) is 12.8. The average molecular weight is 285 g/mol. The number of thioether (sulfide) groups is 2. The fourth-order valence-corrected chi connectivity index (χ4v) is 4.73. The summed E-state index contributed by atoms with van der Waals surface area (Å²) < 4.78 is 2.30. The molecule has 1 fully saturated rings. The van der Waals surface area contributed by atoms with Crippen molar-refractivity contribution in [3.8, 4) is 0 Å². The number of anilines is 1. The number of aromatic nitrogens is 2. The van der Waals surface area contributed by atoms with E-state index in [0.717, 1.165) is 30.0 Å². The number of imidazole rings is 1. The molecule has 1 aromatic rings. The molecule has 3 nitrogen and oxygen atoms in total. The van der Waals surface area contributed by atoms with Gasteiger partial charge in [-0.2, -0.15) is 23.5 Å². The van der Waals surface area contributed by atoms with Gasteiger partial charge in [0.25, 0.3) is 0 Å². The molecule has 18 heavy (non-hydrogen) atoms. The second-order valence-corrected chi connectivity index (χ2v) is 7.26. The fraction of sp³-hybridized carbons (Fsp3) is 0.769. The molecule has 5 heteroatoms. The molecule has 1 saturated heterocycles. The molecule has 1 aliphatic rings. The Morgan fingerprint density at radius 2 is 2.39 bits per heavy atom. The number of nitrogens with zero attached hydrogens (tertiary/aromatic N) is 2. The van der Waals surface area contributed by atoms with Crippen LogP contribution in [0.1, 0.15) is 25.5 Å². The van der Waals surface area contributed by atoms with Crippen molar-refractivity contribution in [3.63, 3.8) is 0 Å². The minimum absolute atomic E-state index is 0.740. The molecule has 2 heterocycles. The van der Waals surface area contributed by atoms with Gasteiger partial charge in [-0.3, -0.25) is 0 Å². The van der Waals surface area contributed by atoms with Gasteiger partial charge in [0.1, 0.15) is 0 Å². The van der Waals surface area contributed by atoms with Crippen LogP contribution in [0.5, 0.6) is 0 Å². The molecule has 0 radical (unpaired) electrons. The van der Waals surface area contributed by atoms with Crippen molar-refractivity contribution in [2.45, 2.75) is 38.5 Å². The summed E-state index contributed by atoms with van der Waals surface area (Å²) in [7, 11) is 0. The van der Waals surface area contributed by atoms with Crippen LogP contribution in [0.25, 0.3) is 0 Å². The number of hydrogen-bond donors (Lipinski definition) is 1. The van der Waals surface area contributed by atoms with E-state index in [1.165, 1.54) is 30.1 Å². The average Bonchev–Trinajstić information content (AvgIpc) is 2.71. The van der Waals surface area contributed by atoms with E-state index in [0.29, 0.717) is 0 Å². The Morgan fingerprint density at radius 3 is 3.11 bits per heavy atom. The Morgan fingerprint density at radius 1 is 1.50 bits per heavy atom. The topological polar surface area (TPSA) is 29.9 Å². The van der Waals surface area contributed by atoms with E-state index < -0.39 is 0 Å². The Labute approximate surface area is 119 Å². The second-order valence-electron chi connectivity index (χ2n) is 4.71. The fourth-order valence-electron chi connectivity index (χ4n) is 2.07. The lowest BCUT2D eigenvalue weighted by molar-refractivity contribution is 0.694. The molecule has 0 spiro atoms. The van der Waals surface area contributed by atoms with Gasteiger partial charge in [-0.25, -0.2) is 4.98 Å². The summed E-state index contributed by atoms with van der Waals surface area (Å²) in [5.74, 6) is 4.93. The molecule has 1 aliphatic heterocycles. The summed E-state index contributed by atoms with van der Waals surface area (Å²) in [6.07, 6.45) is 4.61. The number of aryl methyl sites for hydroxylation is 1. The first kappa shape index (κ1) is 14.1. The van der Waals surface area contributed by atoms with Crippen molar-refractivity contribution < 1.29 is 0 Å². The van der Waals surface area contributed by atoms with Crippen LogP contribution < -0.4 is 5.32 Å². The standard InChI is InChI=1S/C13H23N3S2/c1-3-4-5-14-13-15-11(2)8-16(13)9-12-10-17-6-7-18-12/h8,12H,3-7,9-10H2,1-2H3,(H,14,15). The lowest BCUT2D eigenvalue weighted by Crippen LogP contribution is -2.21. The molecule has 0 aromatic carbocycles. The monoisotopic (exact) mass is 285 g/mol. The molecular formula is C13H23N3S2. The van der Waals surface area contributed by atoms with Gasteiger partial charge in [-0.05, 0) is 13.3 Å². The third-order valence-corrected chi connectivity index (χ3v) is 5.82. The number of hydrogen-bond acceptors (Lipinski definition) is 4. The highest BCUT2D eigenvalue weighted by molar-refractivity contribution is 8.06. The molecule has 0 bridgehead atoms. The van der Waals surface area contributed by atoms with Crippen molar-refractivity contribution in [1.82, 2.24) is 9.55 Å². The number of rotatable bonds is 6. The van der Waals surface area contributed by atoms with E-state index in [4.69, 9.17) is 0 Å². The van der Waals surface area contributed by atoms with E-state index in [1.54, 1.807) is 0 Å². The third kappa shape index (κ3) is 4.12. The van der Waals surface area contributed by atoms with Crippen LogP contribution in [-0.4, -0.2) is 38.6 Å². The van der Waals surface area contributed by atoms with Gasteiger partial charge in [-0.15, -0.1) is 0 Å². The maximum Gasteiger partial charge on any atom is 0.203 e. The normalized spacial score (nSPS) is 20.0. The summed E-state index contributed by atoms with van der Waals surface area (Å²) in [5.41, 5.74) is 1.11. The Kier molecular flexibility index (Phi) is 5.76. The molecule has 1 aromatic heterocycles. The number of nitrogens with one attached hydrogen (secondary N) is 1. The Balaban J connectivity index is 1.93. The van der Waals surface area contributed by atoms with Crippen LogP contribution >= 0.6 is 23.5 Å². The highest BCUT2D eigenvalue weighted by Crippen LogP contribution is 2.26. The smallest absolute Gasteiger partial charge is 0.203 e. The van der Waals surface area contributed by atoms with Crippen molar-refractivity contribution in [2.24, 2.45) is 0 Å². The lowest BCUT2D eigenvalue weighted by Gasteiger charge is -2.22. The van der Waals surface area contributed by atoms with Gasteiger partial charge < -0.3 is 9.88 Å². The van der Waals surface area contributed by atoms with Crippen LogP contribution in [0.15, 0.2) is 6.20 Å². The first-order valence-corrected chi connectivity index (χ1v) is 8.97. The van der Waals surface area contributed by atoms with E-state index in [9.17, 15) is 0 Å². The van der Waals surface area contributed by atoms with E-state index in [1.807, 2.05) is 0 Å². The summed E-state index contributed by atoms with van der Waals surface area (Å²) >= 11 is 4.19. The van der Waals surface area contributed by atoms with Crippen molar-refractivity contribution in [2.75, 3.05) is 29.1 Å². The van der Waals surface area contributed by atoms with Gasteiger partial charge >= 0.3 is 0 Å². The first-order chi connectivity index (χ1) is 8.79. The molecule has 1 unspecified atom stereocenters. The van der Waals surface area contributed by atoms with Crippen molar-refractivity contribution in [3.05, 3.63) is 11.9 Å². The maximum atomic E-state index is 4.58. The van der Waals surface area contributed by atoms with Crippen LogP contribution in [-0.2, 0) is 6.54 Å². The maximum absolute atomic E-state index is 4.58. The largest absolute Gasteiger partial charge is 0.356 e.